The van der Waals surface area contributed by atoms with E-state index in [2.05, 4.69) is 10.1 Å². The predicted molar refractivity (Wildman–Crippen MR) is 95.8 cm³/mol. The average molecular weight is 350 g/mol. The third-order valence-corrected chi connectivity index (χ3v) is 4.16. The molecule has 25 heavy (non-hydrogen) atoms. The number of fused-ring (bicyclic) bond motifs is 1. The van der Waals surface area contributed by atoms with Crippen LogP contribution < -0.4 is 0 Å². The van der Waals surface area contributed by atoms with E-state index in [1.54, 1.807) is 10.7 Å². The molecule has 2 aromatic carbocycles. The van der Waals surface area contributed by atoms with Gasteiger partial charge in [-0.1, -0.05) is 41.9 Å². The Morgan fingerprint density at radius 1 is 0.960 bits per heavy atom. The summed E-state index contributed by atoms with van der Waals surface area (Å²) in [6.45, 7) is 0. The van der Waals surface area contributed by atoms with E-state index in [1.807, 2.05) is 54.6 Å². The molecule has 0 aliphatic rings. The highest BCUT2D eigenvalue weighted by molar-refractivity contribution is 6.30. The van der Waals surface area contributed by atoms with E-state index in [0.717, 1.165) is 22.4 Å². The third-order valence-electron chi connectivity index (χ3n) is 3.91. The van der Waals surface area contributed by atoms with Gasteiger partial charge in [-0.15, -0.1) is 0 Å². The second kappa shape index (κ2) is 6.03. The molecule has 122 valence electrons. The van der Waals surface area contributed by atoms with E-state index >= 15 is 0 Å². The minimum absolute atomic E-state index is 0.0335. The molecular formula is C19H12ClN3O2. The Morgan fingerprint density at radius 3 is 2.48 bits per heavy atom. The van der Waals surface area contributed by atoms with E-state index in [4.69, 9.17) is 16.7 Å². The fraction of sp³-hybridized carbons (Fsp3) is 0. The summed E-state index contributed by atoms with van der Waals surface area (Å²) in [5.41, 5.74) is 4.22. The molecule has 6 heteroatoms. The normalized spacial score (nSPS) is 10.9. The molecule has 0 amide bonds. The number of rotatable bonds is 3. The second-order valence-corrected chi connectivity index (χ2v) is 5.96. The SMILES string of the molecule is O=C(O)c1cc2nccc(-c3cccc(-c4ccc(Cl)cc4)c3)n2n1. The van der Waals surface area contributed by atoms with Gasteiger partial charge in [-0.25, -0.2) is 14.3 Å². The van der Waals surface area contributed by atoms with E-state index < -0.39 is 5.97 Å². The molecule has 0 aliphatic carbocycles. The second-order valence-electron chi connectivity index (χ2n) is 5.52. The lowest BCUT2D eigenvalue weighted by atomic mass is 10.0. The van der Waals surface area contributed by atoms with E-state index in [-0.39, 0.29) is 5.69 Å². The first-order valence-electron chi connectivity index (χ1n) is 7.56. The summed E-state index contributed by atoms with van der Waals surface area (Å²) in [6, 6.07) is 18.8. The first kappa shape index (κ1) is 15.4. The molecule has 0 saturated carbocycles. The Labute approximate surface area is 148 Å². The average Bonchev–Trinajstić information content (AvgIpc) is 3.07. The number of carbonyl (C=O) groups is 1. The van der Waals surface area contributed by atoms with Gasteiger partial charge in [0, 0.05) is 22.8 Å². The van der Waals surface area contributed by atoms with Crippen LogP contribution in [-0.4, -0.2) is 25.7 Å². The summed E-state index contributed by atoms with van der Waals surface area (Å²) in [5, 5.41) is 14.0. The number of halogens is 1. The van der Waals surface area contributed by atoms with Crippen LogP contribution in [0.4, 0.5) is 0 Å². The largest absolute Gasteiger partial charge is 0.476 e. The van der Waals surface area contributed by atoms with Crippen molar-refractivity contribution in [3.8, 4) is 22.4 Å². The van der Waals surface area contributed by atoms with Crippen LogP contribution >= 0.6 is 11.6 Å². The zero-order valence-corrected chi connectivity index (χ0v) is 13.7. The van der Waals surface area contributed by atoms with Crippen molar-refractivity contribution in [2.75, 3.05) is 0 Å². The number of aromatic carboxylic acids is 1. The van der Waals surface area contributed by atoms with Crippen molar-refractivity contribution in [1.82, 2.24) is 14.6 Å². The van der Waals surface area contributed by atoms with Crippen LogP contribution in [0.2, 0.25) is 5.02 Å². The molecular weight excluding hydrogens is 338 g/mol. The zero-order valence-electron chi connectivity index (χ0n) is 12.9. The van der Waals surface area contributed by atoms with E-state index in [0.29, 0.717) is 10.7 Å². The summed E-state index contributed by atoms with van der Waals surface area (Å²) >= 11 is 5.95. The molecule has 2 aromatic heterocycles. The predicted octanol–water partition coefficient (Wildman–Crippen LogP) is 4.41. The molecule has 0 aliphatic heterocycles. The van der Waals surface area contributed by atoms with Gasteiger partial charge in [0.25, 0.3) is 0 Å². The third kappa shape index (κ3) is 2.86. The minimum atomic E-state index is -1.08. The Hall–Kier alpha value is -3.18. The van der Waals surface area contributed by atoms with Crippen LogP contribution in [0.3, 0.4) is 0 Å². The molecule has 4 rings (SSSR count). The number of hydrogen-bond donors (Lipinski definition) is 1. The molecule has 0 spiro atoms. The Balaban J connectivity index is 1.85. The van der Waals surface area contributed by atoms with Crippen LogP contribution in [0.5, 0.6) is 0 Å². The molecule has 0 fully saturated rings. The Bertz CT molecular complexity index is 1090. The Morgan fingerprint density at radius 2 is 1.72 bits per heavy atom. The summed E-state index contributed by atoms with van der Waals surface area (Å²) in [5.74, 6) is -1.08. The van der Waals surface area contributed by atoms with Crippen molar-refractivity contribution in [2.45, 2.75) is 0 Å². The Kier molecular flexibility index (Phi) is 3.71. The summed E-state index contributed by atoms with van der Waals surface area (Å²) < 4.78 is 1.55. The molecule has 4 aromatic rings. The molecule has 5 nitrogen and oxygen atoms in total. The smallest absolute Gasteiger partial charge is 0.356 e. The highest BCUT2D eigenvalue weighted by Gasteiger charge is 2.13. The van der Waals surface area contributed by atoms with Crippen molar-refractivity contribution < 1.29 is 9.90 Å². The van der Waals surface area contributed by atoms with Crippen LogP contribution in [0, 0.1) is 0 Å². The fourth-order valence-electron chi connectivity index (χ4n) is 2.72. The fourth-order valence-corrected chi connectivity index (χ4v) is 2.84. The molecule has 0 bridgehead atoms. The van der Waals surface area contributed by atoms with Crippen molar-refractivity contribution in [2.24, 2.45) is 0 Å². The first-order valence-corrected chi connectivity index (χ1v) is 7.94. The standard InChI is InChI=1S/C19H12ClN3O2/c20-15-6-4-12(5-7-15)13-2-1-3-14(10-13)17-8-9-21-18-11-16(19(24)25)22-23(17)18/h1-11H,(H,24,25). The van der Waals surface area contributed by atoms with Gasteiger partial charge in [0.1, 0.15) is 0 Å². The molecule has 2 heterocycles. The molecule has 0 atom stereocenters. The van der Waals surface area contributed by atoms with Gasteiger partial charge in [0.2, 0.25) is 0 Å². The summed E-state index contributed by atoms with van der Waals surface area (Å²) in [4.78, 5) is 15.4. The highest BCUT2D eigenvalue weighted by Crippen LogP contribution is 2.27. The summed E-state index contributed by atoms with van der Waals surface area (Å²) in [6.07, 6.45) is 1.65. The number of carboxylic acid groups (broad SMARTS) is 1. The summed E-state index contributed by atoms with van der Waals surface area (Å²) in [7, 11) is 0. The lowest BCUT2D eigenvalue weighted by molar-refractivity contribution is 0.0690. The van der Waals surface area contributed by atoms with Crippen molar-refractivity contribution in [1.29, 1.82) is 0 Å². The van der Waals surface area contributed by atoms with Crippen LogP contribution in [0.25, 0.3) is 28.0 Å². The van der Waals surface area contributed by atoms with Crippen LogP contribution in [0.1, 0.15) is 10.5 Å². The minimum Gasteiger partial charge on any atom is -0.476 e. The quantitative estimate of drug-likeness (QED) is 0.594. The van der Waals surface area contributed by atoms with Gasteiger partial charge >= 0.3 is 5.97 Å². The number of benzene rings is 2. The number of carboxylic acids is 1. The van der Waals surface area contributed by atoms with Crippen LogP contribution in [-0.2, 0) is 0 Å². The zero-order chi connectivity index (χ0) is 17.4. The number of nitrogens with zero attached hydrogens (tertiary/aromatic N) is 3. The van der Waals surface area contributed by atoms with Crippen molar-refractivity contribution in [3.05, 3.63) is 77.6 Å². The maximum absolute atomic E-state index is 11.2. The van der Waals surface area contributed by atoms with Gasteiger partial charge in [-0.05, 0) is 35.4 Å². The lowest BCUT2D eigenvalue weighted by Gasteiger charge is -2.08. The molecule has 0 radical (unpaired) electrons. The highest BCUT2D eigenvalue weighted by atomic mass is 35.5. The van der Waals surface area contributed by atoms with Gasteiger partial charge < -0.3 is 5.11 Å². The van der Waals surface area contributed by atoms with Gasteiger partial charge in [-0.3, -0.25) is 0 Å². The van der Waals surface area contributed by atoms with Gasteiger partial charge in [0.05, 0.1) is 5.69 Å². The van der Waals surface area contributed by atoms with Gasteiger partial charge in [0.15, 0.2) is 11.3 Å². The van der Waals surface area contributed by atoms with E-state index in [1.165, 1.54) is 6.07 Å². The maximum Gasteiger partial charge on any atom is 0.356 e. The number of hydrogen-bond acceptors (Lipinski definition) is 3. The van der Waals surface area contributed by atoms with Crippen LogP contribution in [0.15, 0.2) is 66.9 Å². The molecule has 0 unspecified atom stereocenters. The van der Waals surface area contributed by atoms with E-state index in [9.17, 15) is 4.79 Å². The topological polar surface area (TPSA) is 67.5 Å². The monoisotopic (exact) mass is 349 g/mol. The number of aromatic nitrogens is 3. The molecule has 0 saturated heterocycles. The maximum atomic E-state index is 11.2. The molecule has 1 N–H and O–H groups in total. The lowest BCUT2D eigenvalue weighted by Crippen LogP contribution is -1.99. The van der Waals surface area contributed by atoms with Crippen molar-refractivity contribution in [3.63, 3.8) is 0 Å². The first-order chi connectivity index (χ1) is 12.1. The van der Waals surface area contributed by atoms with Gasteiger partial charge in [-0.2, -0.15) is 5.10 Å². The van der Waals surface area contributed by atoms with Crippen molar-refractivity contribution >= 4 is 23.2 Å².